The first kappa shape index (κ1) is 24.4. The van der Waals surface area contributed by atoms with Gasteiger partial charge in [-0.15, -0.1) is 0 Å². The van der Waals surface area contributed by atoms with Gasteiger partial charge in [-0.3, -0.25) is 9.59 Å². The zero-order valence-electron chi connectivity index (χ0n) is 19.0. The van der Waals surface area contributed by atoms with Gasteiger partial charge in [0.1, 0.15) is 0 Å². The number of ketones is 1. The van der Waals surface area contributed by atoms with E-state index in [1.807, 2.05) is 18.2 Å². The molecule has 7 heteroatoms. The summed E-state index contributed by atoms with van der Waals surface area (Å²) in [4.78, 5) is 25.4. The van der Waals surface area contributed by atoms with E-state index in [-0.39, 0.29) is 23.0 Å². The zero-order valence-corrected chi connectivity index (χ0v) is 19.8. The third-order valence-corrected chi connectivity index (χ3v) is 8.04. The number of hydrogen-bond acceptors (Lipinski definition) is 4. The van der Waals surface area contributed by atoms with Crippen LogP contribution in [0.1, 0.15) is 59.3 Å². The number of carboxylic acid groups (broad SMARTS) is 1. The fourth-order valence-electron chi connectivity index (χ4n) is 4.65. The standard InChI is InChI=1S/C25H33NO5S/c1-25(2,3)20(24(28)29)16-21(27)23(18-11-5-4-6-12-18)26-32(30,31)22-15-9-13-17-10-7-8-14-19(17)22/h7-10,13-15,18,20,23,26H,4-6,11-12,16H2,1-3H3,(H,28,29)/t20-,23+/m1/s1. The van der Waals surface area contributed by atoms with Crippen molar-refractivity contribution < 1.29 is 23.1 Å². The van der Waals surface area contributed by atoms with E-state index in [1.165, 1.54) is 0 Å². The zero-order chi connectivity index (χ0) is 23.5. The molecule has 1 aliphatic carbocycles. The Labute approximate surface area is 190 Å². The van der Waals surface area contributed by atoms with Gasteiger partial charge in [-0.2, -0.15) is 0 Å². The van der Waals surface area contributed by atoms with Crippen molar-refractivity contribution in [1.29, 1.82) is 0 Å². The van der Waals surface area contributed by atoms with Gasteiger partial charge in [-0.25, -0.2) is 13.1 Å². The Balaban J connectivity index is 1.95. The number of carbonyl (C=O) groups excluding carboxylic acids is 1. The number of sulfonamides is 1. The van der Waals surface area contributed by atoms with E-state index in [1.54, 1.807) is 45.0 Å². The molecule has 32 heavy (non-hydrogen) atoms. The summed E-state index contributed by atoms with van der Waals surface area (Å²) in [5, 5.41) is 11.1. The Hall–Kier alpha value is -2.25. The monoisotopic (exact) mass is 459 g/mol. The molecule has 0 saturated heterocycles. The Morgan fingerprint density at radius 1 is 1.03 bits per heavy atom. The van der Waals surface area contributed by atoms with Crippen LogP contribution in [-0.4, -0.2) is 31.3 Å². The molecule has 0 aliphatic heterocycles. The van der Waals surface area contributed by atoms with Crippen LogP contribution >= 0.6 is 0 Å². The highest BCUT2D eigenvalue weighted by Crippen LogP contribution is 2.33. The number of rotatable bonds is 8. The van der Waals surface area contributed by atoms with Gasteiger partial charge in [0.05, 0.1) is 16.9 Å². The Bertz CT molecular complexity index is 1080. The van der Waals surface area contributed by atoms with Crippen molar-refractivity contribution in [2.75, 3.05) is 0 Å². The summed E-state index contributed by atoms with van der Waals surface area (Å²) in [7, 11) is -3.99. The highest BCUT2D eigenvalue weighted by molar-refractivity contribution is 7.89. The van der Waals surface area contributed by atoms with E-state index in [9.17, 15) is 23.1 Å². The van der Waals surface area contributed by atoms with Crippen molar-refractivity contribution in [2.45, 2.75) is 70.2 Å². The fraction of sp³-hybridized carbons (Fsp3) is 0.520. The molecule has 2 aromatic rings. The first-order valence-electron chi connectivity index (χ1n) is 11.3. The van der Waals surface area contributed by atoms with Gasteiger partial charge >= 0.3 is 5.97 Å². The summed E-state index contributed by atoms with van der Waals surface area (Å²) in [6, 6.07) is 11.4. The van der Waals surface area contributed by atoms with E-state index in [2.05, 4.69) is 4.72 Å². The van der Waals surface area contributed by atoms with Crippen molar-refractivity contribution in [1.82, 2.24) is 4.72 Å². The smallest absolute Gasteiger partial charge is 0.307 e. The fourth-order valence-corrected chi connectivity index (χ4v) is 6.16. The lowest BCUT2D eigenvalue weighted by atomic mass is 9.75. The van der Waals surface area contributed by atoms with Crippen LogP contribution in [0.25, 0.3) is 10.8 Å². The summed E-state index contributed by atoms with van der Waals surface area (Å²) in [6.45, 7) is 5.36. The van der Waals surface area contributed by atoms with E-state index >= 15 is 0 Å². The number of benzene rings is 2. The number of aliphatic carboxylic acids is 1. The van der Waals surface area contributed by atoms with Gasteiger partial charge in [0.15, 0.2) is 5.78 Å². The molecule has 2 atom stereocenters. The lowest BCUT2D eigenvalue weighted by Gasteiger charge is -2.32. The summed E-state index contributed by atoms with van der Waals surface area (Å²) in [5.41, 5.74) is -0.618. The third kappa shape index (κ3) is 5.56. The van der Waals surface area contributed by atoms with Crippen LogP contribution in [-0.2, 0) is 19.6 Å². The van der Waals surface area contributed by atoms with Crippen molar-refractivity contribution in [2.24, 2.45) is 17.3 Å². The highest BCUT2D eigenvalue weighted by Gasteiger charge is 2.39. The van der Waals surface area contributed by atoms with E-state index in [4.69, 9.17) is 0 Å². The number of fused-ring (bicyclic) bond motifs is 1. The van der Waals surface area contributed by atoms with Gasteiger partial charge in [-0.05, 0) is 35.6 Å². The largest absolute Gasteiger partial charge is 0.481 e. The van der Waals surface area contributed by atoms with E-state index in [0.29, 0.717) is 5.39 Å². The van der Waals surface area contributed by atoms with Gasteiger partial charge in [0.2, 0.25) is 10.0 Å². The molecule has 174 valence electrons. The van der Waals surface area contributed by atoms with Crippen LogP contribution in [0.2, 0.25) is 0 Å². The van der Waals surface area contributed by atoms with E-state index in [0.717, 1.165) is 37.5 Å². The van der Waals surface area contributed by atoms with Crippen molar-refractivity contribution in [3.05, 3.63) is 42.5 Å². The maximum Gasteiger partial charge on any atom is 0.307 e. The molecule has 3 rings (SSSR count). The molecular weight excluding hydrogens is 426 g/mol. The van der Waals surface area contributed by atoms with E-state index < -0.39 is 33.4 Å². The second kappa shape index (κ2) is 9.71. The predicted molar refractivity (Wildman–Crippen MR) is 125 cm³/mol. The van der Waals surface area contributed by atoms with Crippen LogP contribution in [0.3, 0.4) is 0 Å². The van der Waals surface area contributed by atoms with Gasteiger partial charge < -0.3 is 5.11 Å². The Morgan fingerprint density at radius 3 is 2.28 bits per heavy atom. The summed E-state index contributed by atoms with van der Waals surface area (Å²) < 4.78 is 29.6. The first-order valence-corrected chi connectivity index (χ1v) is 12.7. The minimum atomic E-state index is -3.99. The second-order valence-electron chi connectivity index (χ2n) is 9.90. The molecule has 6 nitrogen and oxygen atoms in total. The second-order valence-corrected chi connectivity index (χ2v) is 11.6. The van der Waals surface area contributed by atoms with Crippen molar-refractivity contribution in [3.63, 3.8) is 0 Å². The quantitative estimate of drug-likeness (QED) is 0.592. The van der Waals surface area contributed by atoms with Gasteiger partial charge in [0.25, 0.3) is 0 Å². The predicted octanol–water partition coefficient (Wildman–Crippen LogP) is 4.77. The van der Waals surface area contributed by atoms with Crippen LogP contribution in [0.5, 0.6) is 0 Å². The molecule has 0 aromatic heterocycles. The minimum Gasteiger partial charge on any atom is -0.481 e. The maximum atomic E-state index is 13.4. The average molecular weight is 460 g/mol. The Morgan fingerprint density at radius 2 is 1.66 bits per heavy atom. The molecule has 0 radical (unpaired) electrons. The molecule has 2 N–H and O–H groups in total. The topological polar surface area (TPSA) is 101 Å². The summed E-state index contributed by atoms with van der Waals surface area (Å²) >= 11 is 0. The number of nitrogens with one attached hydrogen (secondary N) is 1. The maximum absolute atomic E-state index is 13.4. The minimum absolute atomic E-state index is 0.129. The molecule has 0 spiro atoms. The Kier molecular flexibility index (Phi) is 7.40. The number of hydrogen-bond donors (Lipinski definition) is 2. The third-order valence-electron chi connectivity index (χ3n) is 6.54. The molecule has 0 amide bonds. The number of carboxylic acids is 1. The average Bonchev–Trinajstić information content (AvgIpc) is 2.74. The molecule has 0 heterocycles. The molecule has 1 fully saturated rings. The van der Waals surface area contributed by atoms with Gasteiger partial charge in [0, 0.05) is 11.8 Å². The number of carbonyl (C=O) groups is 2. The van der Waals surface area contributed by atoms with Crippen molar-refractivity contribution >= 4 is 32.5 Å². The normalized spacial score (nSPS) is 17.7. The summed E-state index contributed by atoms with van der Waals surface area (Å²) in [6.07, 6.45) is 4.24. The summed E-state index contributed by atoms with van der Waals surface area (Å²) in [5.74, 6) is -2.40. The highest BCUT2D eigenvalue weighted by atomic mass is 32.2. The van der Waals surface area contributed by atoms with Crippen molar-refractivity contribution in [3.8, 4) is 0 Å². The molecule has 2 aromatic carbocycles. The van der Waals surface area contributed by atoms with Crippen LogP contribution < -0.4 is 4.72 Å². The molecular formula is C25H33NO5S. The van der Waals surface area contributed by atoms with Gasteiger partial charge in [-0.1, -0.05) is 76.4 Å². The SMILES string of the molecule is CC(C)(C)[C@H](CC(=O)[C@@H](NS(=O)(=O)c1cccc2ccccc12)C1CCCCC1)C(=O)O. The molecule has 0 bridgehead atoms. The lowest BCUT2D eigenvalue weighted by molar-refractivity contribution is -0.148. The van der Waals surface area contributed by atoms with Crippen LogP contribution in [0.4, 0.5) is 0 Å². The number of Topliss-reactive ketones (excluding diaryl/α,β-unsaturated/α-hetero) is 1. The lowest BCUT2D eigenvalue weighted by Crippen LogP contribution is -2.48. The van der Waals surface area contributed by atoms with Crippen LogP contribution in [0.15, 0.2) is 47.4 Å². The molecule has 1 aliphatic rings. The molecule has 0 unspecified atom stereocenters. The first-order chi connectivity index (χ1) is 15.0. The van der Waals surface area contributed by atoms with Crippen LogP contribution in [0, 0.1) is 17.3 Å². The molecule has 1 saturated carbocycles.